The van der Waals surface area contributed by atoms with Crippen molar-refractivity contribution in [2.24, 2.45) is 11.8 Å². The first kappa shape index (κ1) is 22.5. The number of fused-ring (bicyclic) bond motifs is 2. The van der Waals surface area contributed by atoms with Gasteiger partial charge in [-0.1, -0.05) is 18.2 Å². The molecular weight excluding hydrogens is 421 g/mol. The fraction of sp³-hybridized carbons (Fsp3) is 0.667. The number of alkyl halides is 11. The van der Waals surface area contributed by atoms with Gasteiger partial charge >= 0.3 is 35.8 Å². The van der Waals surface area contributed by atoms with Crippen molar-refractivity contribution in [2.75, 3.05) is 6.61 Å². The highest BCUT2D eigenvalue weighted by Crippen LogP contribution is 2.52. The van der Waals surface area contributed by atoms with Crippen LogP contribution < -0.4 is 0 Å². The lowest BCUT2D eigenvalue weighted by atomic mass is 9.99. The largest absolute Gasteiger partial charge is 0.459 e. The van der Waals surface area contributed by atoms with E-state index < -0.39 is 54.8 Å². The molecule has 0 fully saturated rings. The summed E-state index contributed by atoms with van der Waals surface area (Å²) < 4.78 is 145. The molecule has 0 saturated heterocycles. The second kappa shape index (κ2) is 6.61. The summed E-state index contributed by atoms with van der Waals surface area (Å²) in [5, 5.41) is 0. The summed E-state index contributed by atoms with van der Waals surface area (Å²) in [7, 11) is 0. The molecule has 2 unspecified atom stereocenters. The van der Waals surface area contributed by atoms with Crippen LogP contribution in [0.4, 0.5) is 48.3 Å². The van der Waals surface area contributed by atoms with Gasteiger partial charge in [0.2, 0.25) is 0 Å². The number of hydrogen-bond acceptors (Lipinski definition) is 2. The summed E-state index contributed by atoms with van der Waals surface area (Å²) in [6, 6.07) is 0. The average molecular weight is 432 g/mol. The molecule has 2 rings (SSSR count). The second-order valence-corrected chi connectivity index (χ2v) is 6.45. The number of carbonyl (C=O) groups excluding carboxylic acids is 1. The van der Waals surface area contributed by atoms with E-state index in [1.807, 2.05) is 0 Å². The molecule has 0 saturated carbocycles. The Balaban J connectivity index is 2.06. The molecule has 0 heterocycles. The van der Waals surface area contributed by atoms with Gasteiger partial charge in [-0.05, 0) is 12.3 Å². The Morgan fingerprint density at radius 1 is 0.893 bits per heavy atom. The number of halogens is 11. The van der Waals surface area contributed by atoms with Crippen LogP contribution in [0, 0.1) is 11.8 Å². The molecule has 0 radical (unpaired) electrons. The van der Waals surface area contributed by atoms with Crippen molar-refractivity contribution in [3.8, 4) is 0 Å². The van der Waals surface area contributed by atoms with Gasteiger partial charge in [-0.15, -0.1) is 0 Å². The van der Waals surface area contributed by atoms with Crippen LogP contribution in [0.1, 0.15) is 12.8 Å². The van der Waals surface area contributed by atoms with E-state index in [4.69, 9.17) is 0 Å². The van der Waals surface area contributed by atoms with Crippen LogP contribution in [0.3, 0.4) is 0 Å². The van der Waals surface area contributed by atoms with E-state index >= 15 is 0 Å². The summed E-state index contributed by atoms with van der Waals surface area (Å²) in [6.07, 6.45) is -5.79. The molecule has 0 aromatic heterocycles. The van der Waals surface area contributed by atoms with E-state index in [1.54, 1.807) is 6.08 Å². The third-order valence-electron chi connectivity index (χ3n) is 4.32. The van der Waals surface area contributed by atoms with Crippen molar-refractivity contribution in [3.63, 3.8) is 0 Å². The fourth-order valence-corrected chi connectivity index (χ4v) is 2.73. The molecule has 0 aromatic rings. The van der Waals surface area contributed by atoms with Gasteiger partial charge in [0.15, 0.2) is 6.61 Å². The molecule has 28 heavy (non-hydrogen) atoms. The number of rotatable bonds is 7. The molecule has 0 N–H and O–H groups in total. The number of allylic oxidation sites excluding steroid dienone is 3. The van der Waals surface area contributed by atoms with Gasteiger partial charge in [0.25, 0.3) is 0 Å². The normalized spacial score (nSPS) is 23.2. The van der Waals surface area contributed by atoms with E-state index in [2.05, 4.69) is 4.74 Å². The van der Waals surface area contributed by atoms with Gasteiger partial charge in [-0.2, -0.15) is 48.3 Å². The molecule has 0 amide bonds. The highest BCUT2D eigenvalue weighted by Gasteiger charge is 2.76. The topological polar surface area (TPSA) is 26.3 Å². The Hall–Kier alpha value is -1.82. The van der Waals surface area contributed by atoms with Gasteiger partial charge in [-0.3, -0.25) is 0 Å². The third-order valence-corrected chi connectivity index (χ3v) is 4.32. The number of hydrogen-bond donors (Lipinski definition) is 0. The van der Waals surface area contributed by atoms with E-state index in [0.29, 0.717) is 6.42 Å². The smallest absolute Gasteiger partial charge is 0.456 e. The van der Waals surface area contributed by atoms with E-state index in [1.165, 1.54) is 12.2 Å². The Morgan fingerprint density at radius 3 is 1.89 bits per heavy atom. The molecule has 0 aliphatic heterocycles. The minimum absolute atomic E-state index is 0.124. The Kier molecular flexibility index (Phi) is 5.31. The van der Waals surface area contributed by atoms with Gasteiger partial charge in [0, 0.05) is 11.5 Å². The number of esters is 1. The van der Waals surface area contributed by atoms with Crippen molar-refractivity contribution < 1.29 is 57.8 Å². The zero-order chi connectivity index (χ0) is 21.8. The monoisotopic (exact) mass is 432 g/mol. The van der Waals surface area contributed by atoms with Crippen LogP contribution >= 0.6 is 0 Å². The SMILES string of the molecule is O=C(OCC(F)(F)C(F)(F)CC(F)(F)C(F)(F)C(F)(F)F)C1=CC2C=CC1C2. The lowest BCUT2D eigenvalue weighted by Crippen LogP contribution is -2.57. The lowest BCUT2D eigenvalue weighted by Gasteiger charge is -2.33. The van der Waals surface area contributed by atoms with Gasteiger partial charge in [0.05, 0.1) is 6.42 Å². The minimum Gasteiger partial charge on any atom is -0.456 e. The van der Waals surface area contributed by atoms with Crippen LogP contribution in [0.25, 0.3) is 0 Å². The lowest BCUT2D eigenvalue weighted by molar-refractivity contribution is -0.370. The summed E-state index contributed by atoms with van der Waals surface area (Å²) in [5.74, 6) is -27.3. The van der Waals surface area contributed by atoms with E-state index in [0.717, 1.165) is 0 Å². The maximum absolute atomic E-state index is 13.5. The predicted molar refractivity (Wildman–Crippen MR) is 70.2 cm³/mol. The Morgan fingerprint density at radius 2 is 1.46 bits per heavy atom. The Labute approximate surface area is 150 Å². The van der Waals surface area contributed by atoms with Crippen molar-refractivity contribution in [3.05, 3.63) is 23.8 Å². The molecule has 160 valence electrons. The number of carbonyl (C=O) groups is 1. The fourth-order valence-electron chi connectivity index (χ4n) is 2.73. The maximum Gasteiger partial charge on any atom is 0.459 e. The van der Waals surface area contributed by atoms with Crippen LogP contribution in [-0.2, 0) is 9.53 Å². The molecule has 2 atom stereocenters. The highest BCUT2D eigenvalue weighted by atomic mass is 19.4. The molecule has 13 heteroatoms. The molecular formula is C15H11F11O2. The van der Waals surface area contributed by atoms with Crippen LogP contribution in [-0.4, -0.2) is 42.4 Å². The minimum atomic E-state index is -6.98. The van der Waals surface area contributed by atoms with Crippen molar-refractivity contribution in [2.45, 2.75) is 42.7 Å². The highest BCUT2D eigenvalue weighted by molar-refractivity contribution is 5.90. The maximum atomic E-state index is 13.5. The first-order valence-corrected chi connectivity index (χ1v) is 7.56. The first-order chi connectivity index (χ1) is 12.4. The van der Waals surface area contributed by atoms with Gasteiger partial charge < -0.3 is 4.74 Å². The first-order valence-electron chi connectivity index (χ1n) is 7.56. The molecule has 2 nitrogen and oxygen atoms in total. The quantitative estimate of drug-likeness (QED) is 0.316. The van der Waals surface area contributed by atoms with Crippen LogP contribution in [0.2, 0.25) is 0 Å². The molecule has 2 aliphatic carbocycles. The van der Waals surface area contributed by atoms with Crippen LogP contribution in [0.5, 0.6) is 0 Å². The molecule has 0 spiro atoms. The van der Waals surface area contributed by atoms with Gasteiger partial charge in [0.1, 0.15) is 0 Å². The third kappa shape index (κ3) is 3.84. The standard InChI is InChI=1S/C15H11F11O2/c16-11(17,5-12(18,19)14(22,23)15(24,25)26)13(20,21)6-28-10(27)9-4-7-1-2-8(9)3-7/h1-2,4,7-8H,3,5-6H2. The molecule has 2 bridgehead atoms. The zero-order valence-corrected chi connectivity index (χ0v) is 13.5. The van der Waals surface area contributed by atoms with Crippen molar-refractivity contribution in [1.82, 2.24) is 0 Å². The number of ether oxygens (including phenoxy) is 1. The zero-order valence-electron chi connectivity index (χ0n) is 13.5. The van der Waals surface area contributed by atoms with E-state index in [9.17, 15) is 53.1 Å². The molecule has 0 aromatic carbocycles. The predicted octanol–water partition coefficient (Wildman–Crippen LogP) is 5.16. The average Bonchev–Trinajstić information content (AvgIpc) is 3.13. The summed E-state index contributed by atoms with van der Waals surface area (Å²) in [5.41, 5.74) is -0.124. The Bertz CT molecular complexity index is 691. The second-order valence-electron chi connectivity index (χ2n) is 6.45. The van der Waals surface area contributed by atoms with Crippen molar-refractivity contribution in [1.29, 1.82) is 0 Å². The van der Waals surface area contributed by atoms with Gasteiger partial charge in [-0.25, -0.2) is 4.79 Å². The van der Waals surface area contributed by atoms with Crippen molar-refractivity contribution >= 4 is 5.97 Å². The van der Waals surface area contributed by atoms with Crippen LogP contribution in [0.15, 0.2) is 23.8 Å². The van der Waals surface area contributed by atoms with E-state index in [-0.39, 0.29) is 11.5 Å². The summed E-state index contributed by atoms with van der Waals surface area (Å²) in [6.45, 7) is -2.48. The summed E-state index contributed by atoms with van der Waals surface area (Å²) >= 11 is 0. The molecule has 2 aliphatic rings. The summed E-state index contributed by atoms with van der Waals surface area (Å²) in [4.78, 5) is 11.7.